The highest BCUT2D eigenvalue weighted by molar-refractivity contribution is 6.46. The number of nitrogens with zero attached hydrogens (tertiary/aromatic N) is 2. The smallest absolute Gasteiger partial charge is 0.296 e. The lowest BCUT2D eigenvalue weighted by atomic mass is 9.95. The summed E-state index contributed by atoms with van der Waals surface area (Å²) in [5, 5.41) is 11.3. The van der Waals surface area contributed by atoms with Gasteiger partial charge in [0.05, 0.1) is 38.6 Å². The molecule has 8 nitrogen and oxygen atoms in total. The summed E-state index contributed by atoms with van der Waals surface area (Å²) in [6, 6.07) is 15.0. The van der Waals surface area contributed by atoms with Crippen molar-refractivity contribution in [2.75, 3.05) is 33.2 Å². The number of aliphatic hydroxyl groups is 1. The summed E-state index contributed by atoms with van der Waals surface area (Å²) >= 11 is 0. The summed E-state index contributed by atoms with van der Waals surface area (Å²) in [5.41, 5.74) is 2.00. The molecule has 1 atom stereocenters. The lowest BCUT2D eigenvalue weighted by molar-refractivity contribution is -0.140. The minimum atomic E-state index is -0.797. The molecule has 8 heteroatoms. The van der Waals surface area contributed by atoms with Crippen LogP contribution in [0.1, 0.15) is 22.9 Å². The molecular formula is C26H26N2O6. The van der Waals surface area contributed by atoms with E-state index in [1.165, 1.54) is 25.4 Å². The number of carbonyl (C=O) groups is 2. The fourth-order valence-electron chi connectivity index (χ4n) is 4.05. The van der Waals surface area contributed by atoms with Crippen molar-refractivity contribution in [2.45, 2.75) is 12.6 Å². The SMILES string of the molecule is COc1ccc(C(O)=C2C(=O)C(=O)N(Cc3ccco3)C2c2ccc(N(C)C)cc2)cc1OC. The molecule has 176 valence electrons. The van der Waals surface area contributed by atoms with Crippen LogP contribution in [0.5, 0.6) is 11.5 Å². The second kappa shape index (κ2) is 9.35. The number of methoxy groups -OCH3 is 2. The van der Waals surface area contributed by atoms with Gasteiger partial charge in [-0.25, -0.2) is 0 Å². The van der Waals surface area contributed by atoms with Crippen molar-refractivity contribution < 1.29 is 28.6 Å². The van der Waals surface area contributed by atoms with Crippen molar-refractivity contribution in [3.8, 4) is 11.5 Å². The largest absolute Gasteiger partial charge is 0.507 e. The molecule has 1 N–H and O–H groups in total. The molecule has 0 aliphatic carbocycles. The monoisotopic (exact) mass is 462 g/mol. The van der Waals surface area contributed by atoms with E-state index in [-0.39, 0.29) is 17.9 Å². The van der Waals surface area contributed by atoms with Crippen LogP contribution in [0.25, 0.3) is 5.76 Å². The van der Waals surface area contributed by atoms with Gasteiger partial charge in [-0.1, -0.05) is 12.1 Å². The second-order valence-corrected chi connectivity index (χ2v) is 8.06. The van der Waals surface area contributed by atoms with Crippen LogP contribution in [0.2, 0.25) is 0 Å². The Morgan fingerprint density at radius 3 is 2.32 bits per heavy atom. The zero-order valence-electron chi connectivity index (χ0n) is 19.4. The predicted molar refractivity (Wildman–Crippen MR) is 127 cm³/mol. The predicted octanol–water partition coefficient (Wildman–Crippen LogP) is 3.98. The van der Waals surface area contributed by atoms with E-state index < -0.39 is 17.7 Å². The summed E-state index contributed by atoms with van der Waals surface area (Å²) in [4.78, 5) is 29.7. The van der Waals surface area contributed by atoms with Gasteiger partial charge in [0.25, 0.3) is 11.7 Å². The van der Waals surface area contributed by atoms with Crippen LogP contribution in [0.3, 0.4) is 0 Å². The molecule has 1 unspecified atom stereocenters. The lowest BCUT2D eigenvalue weighted by Gasteiger charge is -2.25. The maximum absolute atomic E-state index is 13.2. The Kier molecular flexibility index (Phi) is 6.32. The molecule has 1 aromatic heterocycles. The van der Waals surface area contributed by atoms with Crippen molar-refractivity contribution in [3.63, 3.8) is 0 Å². The molecule has 1 amide bonds. The molecule has 0 spiro atoms. The second-order valence-electron chi connectivity index (χ2n) is 8.06. The van der Waals surface area contributed by atoms with E-state index >= 15 is 0 Å². The van der Waals surface area contributed by atoms with Crippen LogP contribution >= 0.6 is 0 Å². The fraction of sp³-hybridized carbons (Fsp3) is 0.231. The van der Waals surface area contributed by atoms with E-state index in [0.717, 1.165) is 5.69 Å². The normalized spacial score (nSPS) is 17.2. The van der Waals surface area contributed by atoms with Crippen molar-refractivity contribution in [1.29, 1.82) is 0 Å². The van der Waals surface area contributed by atoms with E-state index in [9.17, 15) is 14.7 Å². The first-order valence-corrected chi connectivity index (χ1v) is 10.7. The topological polar surface area (TPSA) is 92.5 Å². The van der Waals surface area contributed by atoms with Gasteiger partial charge in [0.1, 0.15) is 11.5 Å². The van der Waals surface area contributed by atoms with E-state index in [1.54, 1.807) is 30.3 Å². The summed E-state index contributed by atoms with van der Waals surface area (Å²) in [5.74, 6) is -0.358. The molecule has 0 radical (unpaired) electrons. The van der Waals surface area contributed by atoms with Crippen LogP contribution in [-0.2, 0) is 16.1 Å². The third-order valence-electron chi connectivity index (χ3n) is 5.83. The molecule has 1 fully saturated rings. The molecule has 2 heterocycles. The van der Waals surface area contributed by atoms with E-state index in [4.69, 9.17) is 13.9 Å². The Hall–Kier alpha value is -4.20. The zero-order chi connectivity index (χ0) is 24.4. The maximum atomic E-state index is 13.2. The Morgan fingerprint density at radius 2 is 1.74 bits per heavy atom. The third-order valence-corrected chi connectivity index (χ3v) is 5.83. The van der Waals surface area contributed by atoms with Gasteiger partial charge < -0.3 is 28.8 Å². The highest BCUT2D eigenvalue weighted by atomic mass is 16.5. The maximum Gasteiger partial charge on any atom is 0.296 e. The molecule has 1 saturated heterocycles. The standard InChI is InChI=1S/C26H26N2O6/c1-27(2)18-10-7-16(8-11-18)23-22(24(29)17-9-12-20(32-3)21(14-17)33-4)25(30)26(31)28(23)15-19-6-5-13-34-19/h5-14,23,29H,15H2,1-4H3. The Balaban J connectivity index is 1.86. The van der Waals surface area contributed by atoms with E-state index in [0.29, 0.717) is 28.4 Å². The molecule has 2 aromatic carbocycles. The molecule has 0 saturated carbocycles. The van der Waals surface area contributed by atoms with Crippen LogP contribution < -0.4 is 14.4 Å². The quantitative estimate of drug-likeness (QED) is 0.322. The molecular weight excluding hydrogens is 436 g/mol. The Bertz CT molecular complexity index is 1230. The van der Waals surface area contributed by atoms with Gasteiger partial charge in [-0.2, -0.15) is 0 Å². The zero-order valence-corrected chi connectivity index (χ0v) is 19.4. The number of hydrogen-bond acceptors (Lipinski definition) is 7. The minimum Gasteiger partial charge on any atom is -0.507 e. The van der Waals surface area contributed by atoms with Gasteiger partial charge in [-0.05, 0) is 48.0 Å². The highest BCUT2D eigenvalue weighted by Gasteiger charge is 2.46. The average molecular weight is 463 g/mol. The van der Waals surface area contributed by atoms with Gasteiger partial charge in [-0.15, -0.1) is 0 Å². The van der Waals surface area contributed by atoms with Crippen LogP contribution in [-0.4, -0.2) is 50.0 Å². The number of anilines is 1. The summed E-state index contributed by atoms with van der Waals surface area (Å²) in [7, 11) is 6.84. The molecule has 0 bridgehead atoms. The summed E-state index contributed by atoms with van der Waals surface area (Å²) in [6.07, 6.45) is 1.51. The molecule has 3 aromatic rings. The number of ether oxygens (including phenoxy) is 2. The molecule has 1 aliphatic heterocycles. The van der Waals surface area contributed by atoms with Crippen molar-refractivity contribution in [2.24, 2.45) is 0 Å². The number of ketones is 1. The number of benzene rings is 2. The number of furan rings is 1. The fourth-order valence-corrected chi connectivity index (χ4v) is 4.05. The first-order chi connectivity index (χ1) is 16.3. The van der Waals surface area contributed by atoms with Crippen LogP contribution in [0.15, 0.2) is 70.9 Å². The highest BCUT2D eigenvalue weighted by Crippen LogP contribution is 2.41. The van der Waals surface area contributed by atoms with Gasteiger partial charge in [0.15, 0.2) is 11.5 Å². The number of aliphatic hydroxyl groups excluding tert-OH is 1. The Labute approximate surface area is 197 Å². The Morgan fingerprint density at radius 1 is 1.03 bits per heavy atom. The number of amides is 1. The van der Waals surface area contributed by atoms with E-state index in [1.807, 2.05) is 43.3 Å². The first kappa shape index (κ1) is 23.0. The van der Waals surface area contributed by atoms with Crippen molar-refractivity contribution >= 4 is 23.1 Å². The summed E-state index contributed by atoms with van der Waals surface area (Å²) < 4.78 is 16.0. The van der Waals surface area contributed by atoms with Gasteiger partial charge in [0, 0.05) is 25.3 Å². The van der Waals surface area contributed by atoms with Crippen molar-refractivity contribution in [3.05, 3.63) is 83.3 Å². The van der Waals surface area contributed by atoms with Crippen LogP contribution in [0.4, 0.5) is 5.69 Å². The number of hydrogen-bond donors (Lipinski definition) is 1. The van der Waals surface area contributed by atoms with E-state index in [2.05, 4.69) is 0 Å². The molecule has 34 heavy (non-hydrogen) atoms. The van der Waals surface area contributed by atoms with Gasteiger partial charge in [-0.3, -0.25) is 9.59 Å². The number of carbonyl (C=O) groups excluding carboxylic acids is 2. The number of likely N-dealkylation sites (tertiary alicyclic amines) is 1. The summed E-state index contributed by atoms with van der Waals surface area (Å²) in [6.45, 7) is 0.0837. The van der Waals surface area contributed by atoms with Gasteiger partial charge in [0.2, 0.25) is 0 Å². The minimum absolute atomic E-state index is 0.00128. The third kappa shape index (κ3) is 4.10. The molecule has 4 rings (SSSR count). The number of Topliss-reactive ketones (excluding diaryl/α,β-unsaturated/α-hetero) is 1. The lowest BCUT2D eigenvalue weighted by Crippen LogP contribution is -2.29. The van der Waals surface area contributed by atoms with Gasteiger partial charge >= 0.3 is 0 Å². The number of rotatable bonds is 7. The first-order valence-electron chi connectivity index (χ1n) is 10.7. The average Bonchev–Trinajstić information content (AvgIpc) is 3.45. The van der Waals surface area contributed by atoms with Crippen molar-refractivity contribution in [1.82, 2.24) is 4.90 Å². The van der Waals surface area contributed by atoms with Crippen LogP contribution in [0, 0.1) is 0 Å². The molecule has 1 aliphatic rings.